The van der Waals surface area contributed by atoms with Crippen molar-refractivity contribution in [2.24, 2.45) is 7.05 Å². The van der Waals surface area contributed by atoms with Gasteiger partial charge in [0.2, 0.25) is 0 Å². The first kappa shape index (κ1) is 11.7. The third-order valence-electron chi connectivity index (χ3n) is 2.67. The monoisotopic (exact) mass is 236 g/mol. The van der Waals surface area contributed by atoms with Crippen molar-refractivity contribution >= 4 is 16.8 Å². The Morgan fingerprint density at radius 2 is 2.18 bits per heavy atom. The van der Waals surface area contributed by atoms with Crippen LogP contribution < -0.4 is 11.1 Å². The first-order valence-electron chi connectivity index (χ1n) is 5.41. The molecule has 2 rings (SSSR count). The highest BCUT2D eigenvalue weighted by molar-refractivity contribution is 5.77. The molecule has 5 nitrogen and oxygen atoms in total. The number of oxazole rings is 1. The van der Waals surface area contributed by atoms with Crippen molar-refractivity contribution in [3.05, 3.63) is 28.7 Å². The Morgan fingerprint density at radius 3 is 2.82 bits per heavy atom. The Kier molecular flexibility index (Phi) is 2.71. The third kappa shape index (κ3) is 2.19. The number of aryl methyl sites for hydroxylation is 1. The number of aromatic nitrogens is 1. The summed E-state index contributed by atoms with van der Waals surface area (Å²) in [6.07, 6.45) is 0. The largest absolute Gasteiger partial charge is 0.419 e. The summed E-state index contributed by atoms with van der Waals surface area (Å²) >= 11 is 0. The molecule has 0 spiro atoms. The molecule has 0 unspecified atom stereocenters. The maximum absolute atomic E-state index is 11.3. The maximum atomic E-state index is 11.3. The molecule has 2 aromatic rings. The van der Waals surface area contributed by atoms with Gasteiger partial charge in [-0.1, -0.05) is 0 Å². The molecule has 1 heterocycles. The second kappa shape index (κ2) is 3.92. The quantitative estimate of drug-likeness (QED) is 0.843. The molecular weight excluding hydrogens is 220 g/mol. The SMILES string of the molecule is Cn1c(=O)oc2cc(NC(C)(C)CO)ccc21. The number of hydrogen-bond donors (Lipinski definition) is 2. The Bertz CT molecular complexity index is 595. The van der Waals surface area contributed by atoms with Crippen LogP contribution in [0.5, 0.6) is 0 Å². The van der Waals surface area contributed by atoms with Gasteiger partial charge >= 0.3 is 5.76 Å². The summed E-state index contributed by atoms with van der Waals surface area (Å²) in [6.45, 7) is 3.79. The first-order chi connectivity index (χ1) is 7.93. The summed E-state index contributed by atoms with van der Waals surface area (Å²) in [7, 11) is 1.67. The van der Waals surface area contributed by atoms with E-state index in [9.17, 15) is 9.90 Å². The molecule has 1 aromatic carbocycles. The average Bonchev–Trinajstić information content (AvgIpc) is 2.54. The number of nitrogens with zero attached hydrogens (tertiary/aromatic N) is 1. The Balaban J connectivity index is 2.42. The zero-order valence-corrected chi connectivity index (χ0v) is 10.2. The molecule has 0 bridgehead atoms. The highest BCUT2D eigenvalue weighted by Gasteiger charge is 2.16. The van der Waals surface area contributed by atoms with Gasteiger partial charge < -0.3 is 14.8 Å². The molecule has 2 N–H and O–H groups in total. The normalized spacial score (nSPS) is 12.0. The molecule has 5 heteroatoms. The molecular formula is C12H16N2O3. The number of anilines is 1. The van der Waals surface area contributed by atoms with Crippen molar-refractivity contribution in [3.63, 3.8) is 0 Å². The number of fused-ring (bicyclic) bond motifs is 1. The van der Waals surface area contributed by atoms with E-state index >= 15 is 0 Å². The fourth-order valence-electron chi connectivity index (χ4n) is 1.64. The van der Waals surface area contributed by atoms with Gasteiger partial charge in [-0.2, -0.15) is 0 Å². The van der Waals surface area contributed by atoms with Crippen LogP contribution in [0, 0.1) is 0 Å². The predicted molar refractivity (Wildman–Crippen MR) is 66.2 cm³/mol. The van der Waals surface area contributed by atoms with Gasteiger partial charge in [0.25, 0.3) is 0 Å². The van der Waals surface area contributed by atoms with Crippen LogP contribution in [0.2, 0.25) is 0 Å². The molecule has 0 atom stereocenters. The van der Waals surface area contributed by atoms with Gasteiger partial charge in [-0.05, 0) is 26.0 Å². The maximum Gasteiger partial charge on any atom is 0.419 e. The number of aliphatic hydroxyl groups is 1. The van der Waals surface area contributed by atoms with E-state index in [4.69, 9.17) is 4.42 Å². The van der Waals surface area contributed by atoms with Gasteiger partial charge in [0.15, 0.2) is 5.58 Å². The van der Waals surface area contributed by atoms with Gasteiger partial charge in [-0.15, -0.1) is 0 Å². The van der Waals surface area contributed by atoms with Gasteiger partial charge in [-0.25, -0.2) is 4.79 Å². The van der Waals surface area contributed by atoms with E-state index in [1.807, 2.05) is 26.0 Å². The fraction of sp³-hybridized carbons (Fsp3) is 0.417. The van der Waals surface area contributed by atoms with Crippen LogP contribution in [0.1, 0.15) is 13.8 Å². The van der Waals surface area contributed by atoms with E-state index in [1.165, 1.54) is 4.57 Å². The van der Waals surface area contributed by atoms with Crippen molar-refractivity contribution < 1.29 is 9.52 Å². The Labute approximate surface area is 98.7 Å². The standard InChI is InChI=1S/C12H16N2O3/c1-12(2,7-15)13-8-4-5-9-10(6-8)17-11(16)14(9)3/h4-6,13,15H,7H2,1-3H3. The third-order valence-corrected chi connectivity index (χ3v) is 2.67. The summed E-state index contributed by atoms with van der Waals surface area (Å²) < 4.78 is 6.55. The summed E-state index contributed by atoms with van der Waals surface area (Å²) in [5, 5.41) is 12.3. The van der Waals surface area contributed by atoms with E-state index in [2.05, 4.69) is 5.32 Å². The Hall–Kier alpha value is -1.75. The van der Waals surface area contributed by atoms with Crippen LogP contribution in [-0.2, 0) is 7.05 Å². The molecule has 17 heavy (non-hydrogen) atoms. The number of aliphatic hydroxyl groups excluding tert-OH is 1. The molecule has 92 valence electrons. The lowest BCUT2D eigenvalue weighted by Crippen LogP contribution is -2.34. The minimum Gasteiger partial charge on any atom is -0.408 e. The average molecular weight is 236 g/mol. The molecule has 0 aliphatic rings. The smallest absolute Gasteiger partial charge is 0.408 e. The second-order valence-corrected chi connectivity index (χ2v) is 4.78. The lowest BCUT2D eigenvalue weighted by molar-refractivity contribution is 0.234. The highest BCUT2D eigenvalue weighted by atomic mass is 16.4. The summed E-state index contributed by atoms with van der Waals surface area (Å²) in [5.74, 6) is -0.376. The summed E-state index contributed by atoms with van der Waals surface area (Å²) in [4.78, 5) is 11.3. The fourth-order valence-corrected chi connectivity index (χ4v) is 1.64. The van der Waals surface area contributed by atoms with Crippen LogP contribution in [0.3, 0.4) is 0 Å². The van der Waals surface area contributed by atoms with Crippen LogP contribution in [0.4, 0.5) is 5.69 Å². The van der Waals surface area contributed by atoms with E-state index < -0.39 is 5.54 Å². The number of hydrogen-bond acceptors (Lipinski definition) is 4. The zero-order chi connectivity index (χ0) is 12.6. The molecule has 0 saturated heterocycles. The topological polar surface area (TPSA) is 67.4 Å². The van der Waals surface area contributed by atoms with E-state index in [0.717, 1.165) is 11.2 Å². The molecule has 0 radical (unpaired) electrons. The van der Waals surface area contributed by atoms with Gasteiger partial charge in [0.05, 0.1) is 17.7 Å². The van der Waals surface area contributed by atoms with E-state index in [1.54, 1.807) is 13.1 Å². The van der Waals surface area contributed by atoms with Crippen molar-refractivity contribution in [2.75, 3.05) is 11.9 Å². The van der Waals surface area contributed by atoms with Crippen LogP contribution in [-0.4, -0.2) is 21.8 Å². The zero-order valence-electron chi connectivity index (χ0n) is 10.2. The van der Waals surface area contributed by atoms with Crippen molar-refractivity contribution in [3.8, 4) is 0 Å². The van der Waals surface area contributed by atoms with Crippen molar-refractivity contribution in [1.82, 2.24) is 4.57 Å². The van der Waals surface area contributed by atoms with Crippen LogP contribution in [0.15, 0.2) is 27.4 Å². The highest BCUT2D eigenvalue weighted by Crippen LogP contribution is 2.20. The minimum atomic E-state index is -0.414. The van der Waals surface area contributed by atoms with E-state index in [0.29, 0.717) is 5.58 Å². The molecule has 0 amide bonds. The molecule has 0 saturated carbocycles. The predicted octanol–water partition coefficient (Wildman–Crippen LogP) is 1.31. The lowest BCUT2D eigenvalue weighted by atomic mass is 10.1. The van der Waals surface area contributed by atoms with Gasteiger partial charge in [0.1, 0.15) is 0 Å². The molecule has 0 aliphatic carbocycles. The number of benzene rings is 1. The van der Waals surface area contributed by atoms with Crippen molar-refractivity contribution in [1.29, 1.82) is 0 Å². The molecule has 0 aliphatic heterocycles. The van der Waals surface area contributed by atoms with Gasteiger partial charge in [0, 0.05) is 18.8 Å². The summed E-state index contributed by atoms with van der Waals surface area (Å²) in [5.41, 5.74) is 1.69. The van der Waals surface area contributed by atoms with Gasteiger partial charge in [-0.3, -0.25) is 4.57 Å². The van der Waals surface area contributed by atoms with E-state index in [-0.39, 0.29) is 12.4 Å². The second-order valence-electron chi connectivity index (χ2n) is 4.78. The van der Waals surface area contributed by atoms with Crippen LogP contribution in [0.25, 0.3) is 11.1 Å². The first-order valence-corrected chi connectivity index (χ1v) is 5.41. The van der Waals surface area contributed by atoms with Crippen LogP contribution >= 0.6 is 0 Å². The lowest BCUT2D eigenvalue weighted by Gasteiger charge is -2.24. The molecule has 0 fully saturated rings. The van der Waals surface area contributed by atoms with Crippen molar-refractivity contribution in [2.45, 2.75) is 19.4 Å². The Morgan fingerprint density at radius 1 is 1.47 bits per heavy atom. The molecule has 1 aromatic heterocycles. The minimum absolute atomic E-state index is 0.0176. The number of nitrogens with one attached hydrogen (secondary N) is 1. The summed E-state index contributed by atoms with van der Waals surface area (Å²) in [6, 6.07) is 5.43. The number of rotatable bonds is 3.